The number of benzene rings is 10. The van der Waals surface area contributed by atoms with Crippen LogP contribution in [0.2, 0.25) is 0 Å². The number of fused-ring (bicyclic) bond motifs is 6. The SMILES string of the molecule is [Ag+].[Au+].[C-]#Cc1cccc2c1ccc1ccccc12.[C-]#Cc1cccc2c1ccc1ccccc12.c1ccc([PH+](C[PH+](c2ccccc2)c2ccccc2)c2ccccc2)cc1. The van der Waals surface area contributed by atoms with E-state index in [2.05, 4.69) is 194 Å². The van der Waals surface area contributed by atoms with Crippen molar-refractivity contribution in [3.63, 3.8) is 0 Å². The van der Waals surface area contributed by atoms with E-state index in [0.717, 1.165) is 21.9 Å². The molecule has 0 saturated heterocycles. The van der Waals surface area contributed by atoms with Gasteiger partial charge in [-0.2, -0.15) is 0 Å². The Balaban J connectivity index is 0.000000159. The van der Waals surface area contributed by atoms with Crippen LogP contribution in [-0.4, -0.2) is 5.90 Å². The van der Waals surface area contributed by atoms with Gasteiger partial charge in [0.1, 0.15) is 37.1 Å². The van der Waals surface area contributed by atoms with Crippen LogP contribution >= 0.6 is 15.8 Å². The number of hydrogen-bond acceptors (Lipinski definition) is 0. The Labute approximate surface area is 394 Å². The normalized spacial score (nSPS) is 10.4. The van der Waals surface area contributed by atoms with Gasteiger partial charge in [-0.15, -0.1) is 23.3 Å². The third kappa shape index (κ3) is 10.8. The van der Waals surface area contributed by atoms with Crippen molar-refractivity contribution in [2.75, 3.05) is 5.90 Å². The second-order valence-corrected chi connectivity index (χ2v) is 19.9. The molecule has 10 rings (SSSR count). The van der Waals surface area contributed by atoms with Gasteiger partial charge < -0.3 is 12.8 Å². The second-order valence-electron chi connectivity index (χ2n) is 14.2. The van der Waals surface area contributed by atoms with Crippen molar-refractivity contribution in [2.45, 2.75) is 0 Å². The predicted octanol–water partition coefficient (Wildman–Crippen LogP) is 12.5. The summed E-state index contributed by atoms with van der Waals surface area (Å²) in [4.78, 5) is 0. The number of rotatable bonds is 6. The molecule has 0 aliphatic carbocycles. The molecule has 10 aromatic carbocycles. The van der Waals surface area contributed by atoms with Gasteiger partial charge >= 0.3 is 44.8 Å². The first-order valence-corrected chi connectivity index (χ1v) is 23.2. The molecule has 0 aliphatic heterocycles. The van der Waals surface area contributed by atoms with Crippen molar-refractivity contribution < 1.29 is 44.8 Å². The van der Waals surface area contributed by atoms with Crippen LogP contribution in [0.4, 0.5) is 0 Å². The van der Waals surface area contributed by atoms with Crippen molar-refractivity contribution in [2.24, 2.45) is 0 Å². The zero-order valence-electron chi connectivity index (χ0n) is 33.2. The van der Waals surface area contributed by atoms with Gasteiger partial charge in [0.15, 0.2) is 5.90 Å². The summed E-state index contributed by atoms with van der Waals surface area (Å²) in [6, 6.07) is 81.4. The van der Waals surface area contributed by atoms with Crippen LogP contribution in [0.5, 0.6) is 0 Å². The first kappa shape index (κ1) is 45.2. The largest absolute Gasteiger partial charge is 1.00 e. The van der Waals surface area contributed by atoms with Gasteiger partial charge in [0.05, 0.1) is 0 Å². The monoisotopic (exact) mass is 1090 g/mol. The minimum absolute atomic E-state index is 0. The van der Waals surface area contributed by atoms with E-state index >= 15 is 0 Å². The van der Waals surface area contributed by atoms with Crippen molar-refractivity contribution in [1.82, 2.24) is 0 Å². The molecule has 61 heavy (non-hydrogen) atoms. The molecular weight excluding hydrogens is 1050 g/mol. The molecule has 0 fully saturated rings. The Kier molecular flexibility index (Phi) is 16.7. The van der Waals surface area contributed by atoms with Crippen molar-refractivity contribution in [3.8, 4) is 11.8 Å². The Hall–Kier alpha value is -5.30. The van der Waals surface area contributed by atoms with E-state index in [1.807, 2.05) is 48.5 Å². The molecule has 0 aliphatic rings. The molecular formula is C57H42AgAuP2+2. The van der Waals surface area contributed by atoms with E-state index in [1.54, 1.807) is 0 Å². The van der Waals surface area contributed by atoms with Crippen LogP contribution in [0.25, 0.3) is 43.1 Å². The molecule has 0 saturated carbocycles. The maximum Gasteiger partial charge on any atom is 1.00 e. The van der Waals surface area contributed by atoms with Gasteiger partial charge in [-0.05, 0) is 80.8 Å². The minimum Gasteiger partial charge on any atom is -0.366 e. The van der Waals surface area contributed by atoms with Crippen molar-refractivity contribution in [3.05, 3.63) is 254 Å². The maximum absolute atomic E-state index is 7.28. The average molecular weight is 1090 g/mol. The predicted molar refractivity (Wildman–Crippen MR) is 261 cm³/mol. The molecule has 0 aromatic heterocycles. The quantitative estimate of drug-likeness (QED) is 0.0512. The summed E-state index contributed by atoms with van der Waals surface area (Å²) in [6.07, 6.45) is 14.6. The Morgan fingerprint density at radius 1 is 0.295 bits per heavy atom. The topological polar surface area (TPSA) is 0 Å². The van der Waals surface area contributed by atoms with Crippen molar-refractivity contribution in [1.29, 1.82) is 0 Å². The van der Waals surface area contributed by atoms with Gasteiger partial charge in [0.25, 0.3) is 0 Å². The van der Waals surface area contributed by atoms with Crippen LogP contribution in [0.3, 0.4) is 0 Å². The van der Waals surface area contributed by atoms with Gasteiger partial charge in [-0.25, -0.2) is 0 Å². The van der Waals surface area contributed by atoms with Crippen LogP contribution < -0.4 is 21.2 Å². The molecule has 0 bridgehead atoms. The average Bonchev–Trinajstić information content (AvgIpc) is 3.33. The van der Waals surface area contributed by atoms with Crippen LogP contribution in [0.15, 0.2) is 231 Å². The molecule has 0 spiro atoms. The fraction of sp³-hybridized carbons (Fsp3) is 0.0175. The van der Waals surface area contributed by atoms with Gasteiger partial charge in [0, 0.05) is 0 Å². The van der Waals surface area contributed by atoms with Crippen LogP contribution in [-0.2, 0) is 44.8 Å². The molecule has 0 radical (unpaired) electrons. The van der Waals surface area contributed by atoms with Gasteiger partial charge in [-0.3, -0.25) is 11.8 Å². The maximum atomic E-state index is 7.28. The van der Waals surface area contributed by atoms with Gasteiger partial charge in [0.2, 0.25) is 0 Å². The third-order valence-corrected chi connectivity index (χ3v) is 17.6. The summed E-state index contributed by atoms with van der Waals surface area (Å²) in [7, 11) is -1.69. The summed E-state index contributed by atoms with van der Waals surface area (Å²) in [6.45, 7) is 0. The smallest absolute Gasteiger partial charge is 0.366 e. The molecule has 0 heterocycles. The summed E-state index contributed by atoms with van der Waals surface area (Å²) in [5.41, 5.74) is 1.70. The molecule has 0 nitrogen and oxygen atoms in total. The zero-order chi connectivity index (χ0) is 40.2. The Morgan fingerprint density at radius 2 is 0.590 bits per heavy atom. The standard InChI is InChI=1S/C25H22P2.2C16H9.Ag.Au/c1-5-13-22(14-6-1)26(23-15-7-2-8-16-23)21-27(24-17-9-3-10-18-24)25-19-11-4-12-20-25;2*1-2-12-7-5-9-16-14-8-4-3-6-13(14)10-11-15(12)16;;/h1-20H,21H2;2*3-11H;;/q;2*-1;2*+1/p+2. The summed E-state index contributed by atoms with van der Waals surface area (Å²) < 4.78 is 0. The summed E-state index contributed by atoms with van der Waals surface area (Å²) >= 11 is 0. The molecule has 4 heteroatoms. The van der Waals surface area contributed by atoms with E-state index in [1.165, 1.54) is 59.4 Å². The summed E-state index contributed by atoms with van der Waals surface area (Å²) in [5, 5.41) is 15.5. The second kappa shape index (κ2) is 22.5. The van der Waals surface area contributed by atoms with E-state index in [9.17, 15) is 0 Å². The molecule has 0 unspecified atom stereocenters. The Bertz CT molecular complexity index is 2760. The fourth-order valence-electron chi connectivity index (χ4n) is 7.77. The van der Waals surface area contributed by atoms with Crippen LogP contribution in [0, 0.1) is 24.7 Å². The van der Waals surface area contributed by atoms with E-state index in [-0.39, 0.29) is 44.8 Å². The Morgan fingerprint density at radius 3 is 0.918 bits per heavy atom. The van der Waals surface area contributed by atoms with E-state index < -0.39 is 15.8 Å². The van der Waals surface area contributed by atoms with E-state index in [0.29, 0.717) is 0 Å². The molecule has 300 valence electrons. The first-order chi connectivity index (χ1) is 29.2. The molecule has 0 atom stereocenters. The first-order valence-electron chi connectivity index (χ1n) is 19.8. The molecule has 0 amide bonds. The third-order valence-electron chi connectivity index (χ3n) is 10.7. The van der Waals surface area contributed by atoms with Crippen LogP contribution in [0.1, 0.15) is 11.1 Å². The number of hydrogen-bond donors (Lipinski definition) is 0. The fourth-order valence-corrected chi connectivity index (χ4v) is 15.5. The van der Waals surface area contributed by atoms with Gasteiger partial charge in [-0.1, -0.05) is 181 Å². The minimum atomic E-state index is -0.847. The van der Waals surface area contributed by atoms with E-state index in [4.69, 9.17) is 12.8 Å². The van der Waals surface area contributed by atoms with Crippen molar-refractivity contribution >= 4 is 80.2 Å². The molecule has 0 N–H and O–H groups in total. The summed E-state index contributed by atoms with van der Waals surface area (Å²) in [5.74, 6) is 6.22. The zero-order valence-corrected chi connectivity index (χ0v) is 38.9. The molecule has 10 aromatic rings.